The van der Waals surface area contributed by atoms with Gasteiger partial charge in [0, 0.05) is 13.7 Å². The highest BCUT2D eigenvalue weighted by Gasteiger charge is 2.37. The first-order valence-corrected chi connectivity index (χ1v) is 9.22. The molecule has 9 nitrogen and oxygen atoms in total. The number of hydrogen-bond donors (Lipinski definition) is 3. The van der Waals surface area contributed by atoms with Crippen LogP contribution in [-0.2, 0) is 9.53 Å². The molecule has 0 unspecified atom stereocenters. The van der Waals surface area contributed by atoms with Gasteiger partial charge >= 0.3 is 5.97 Å². The van der Waals surface area contributed by atoms with Gasteiger partial charge in [-0.15, -0.1) is 0 Å². The molecule has 0 aliphatic carbocycles. The summed E-state index contributed by atoms with van der Waals surface area (Å²) in [5.74, 6) is -1.06. The van der Waals surface area contributed by atoms with Crippen molar-refractivity contribution in [2.75, 3.05) is 32.2 Å². The van der Waals surface area contributed by atoms with Gasteiger partial charge in [-0.3, -0.25) is 4.79 Å². The first kappa shape index (κ1) is 22.6. The zero-order chi connectivity index (χ0) is 20.3. The maximum Gasteiger partial charge on any atom is 0.329 e. The van der Waals surface area contributed by atoms with Crippen LogP contribution in [0, 0.1) is 0 Å². The van der Waals surface area contributed by atoms with Gasteiger partial charge in [-0.05, 0) is 19.3 Å². The fourth-order valence-electron chi connectivity index (χ4n) is 2.37. The molecule has 0 radical (unpaired) electrons. The van der Waals surface area contributed by atoms with E-state index in [1.807, 2.05) is 0 Å². The smallest absolute Gasteiger partial charge is 0.329 e. The molecule has 27 heavy (non-hydrogen) atoms. The van der Waals surface area contributed by atoms with Gasteiger partial charge < -0.3 is 25.2 Å². The number of carboxylic acid groups (broad SMARTS) is 1. The summed E-state index contributed by atoms with van der Waals surface area (Å²) in [7, 11) is 1.56. The lowest BCUT2D eigenvalue weighted by Crippen LogP contribution is -2.53. The minimum absolute atomic E-state index is 0.00372. The summed E-state index contributed by atoms with van der Waals surface area (Å²) in [6, 6.07) is 0. The van der Waals surface area contributed by atoms with E-state index in [0.717, 1.165) is 12.8 Å². The van der Waals surface area contributed by atoms with Crippen molar-refractivity contribution in [2.45, 2.75) is 52.0 Å². The number of anilines is 1. The van der Waals surface area contributed by atoms with Crippen molar-refractivity contribution in [2.24, 2.45) is 0 Å². The summed E-state index contributed by atoms with van der Waals surface area (Å²) in [6.45, 7) is 6.81. The zero-order valence-corrected chi connectivity index (χ0v) is 16.5. The normalized spacial score (nSPS) is 11.1. The Bertz CT molecular complexity index is 620. The summed E-state index contributed by atoms with van der Waals surface area (Å²) in [5.41, 5.74) is -1.34. The number of amides is 1. The summed E-state index contributed by atoms with van der Waals surface area (Å²) >= 11 is 0. The van der Waals surface area contributed by atoms with E-state index >= 15 is 0 Å². The number of ether oxygens (including phenoxy) is 2. The van der Waals surface area contributed by atoms with Gasteiger partial charge in [0.1, 0.15) is 12.1 Å². The number of carbonyl (C=O) groups is 2. The van der Waals surface area contributed by atoms with Gasteiger partial charge in [0.15, 0.2) is 11.5 Å². The van der Waals surface area contributed by atoms with Gasteiger partial charge in [0.2, 0.25) is 0 Å². The second kappa shape index (κ2) is 11.3. The Morgan fingerprint density at radius 3 is 2.48 bits per heavy atom. The molecule has 0 saturated carbocycles. The van der Waals surface area contributed by atoms with Gasteiger partial charge in [-0.1, -0.05) is 27.2 Å². The Morgan fingerprint density at radius 1 is 1.22 bits per heavy atom. The van der Waals surface area contributed by atoms with Gasteiger partial charge in [-0.2, -0.15) is 0 Å². The average molecular weight is 382 g/mol. The number of methoxy groups -OCH3 is 1. The van der Waals surface area contributed by atoms with Crippen molar-refractivity contribution in [1.29, 1.82) is 0 Å². The maximum absolute atomic E-state index is 12.6. The molecule has 0 atom stereocenters. The van der Waals surface area contributed by atoms with E-state index in [1.165, 1.54) is 6.20 Å². The molecule has 0 spiro atoms. The zero-order valence-electron chi connectivity index (χ0n) is 16.5. The van der Waals surface area contributed by atoms with E-state index < -0.39 is 17.4 Å². The van der Waals surface area contributed by atoms with E-state index in [9.17, 15) is 14.7 Å². The topological polar surface area (TPSA) is 123 Å². The van der Waals surface area contributed by atoms with Crippen LogP contribution in [0.4, 0.5) is 5.82 Å². The van der Waals surface area contributed by atoms with Crippen molar-refractivity contribution >= 4 is 17.7 Å². The molecule has 152 valence electrons. The van der Waals surface area contributed by atoms with Crippen LogP contribution in [0.2, 0.25) is 0 Å². The Morgan fingerprint density at radius 2 is 1.93 bits per heavy atom. The minimum atomic E-state index is -1.34. The van der Waals surface area contributed by atoms with Gasteiger partial charge in [-0.25, -0.2) is 14.8 Å². The number of nitrogens with one attached hydrogen (secondary N) is 2. The summed E-state index contributed by atoms with van der Waals surface area (Å²) in [4.78, 5) is 32.6. The SMILES string of the molecule is CCCCNc1ncc(C(=O)NC(CC)(CC)C(=O)O)nc1OCCOC. The fourth-order valence-corrected chi connectivity index (χ4v) is 2.37. The molecular formula is C18H30N4O5. The third-order valence-corrected chi connectivity index (χ3v) is 4.29. The quantitative estimate of drug-likeness (QED) is 0.443. The first-order valence-electron chi connectivity index (χ1n) is 9.22. The molecular weight excluding hydrogens is 352 g/mol. The predicted octanol–water partition coefficient (Wildman–Crippen LogP) is 2.09. The van der Waals surface area contributed by atoms with Crippen LogP contribution in [0.1, 0.15) is 56.9 Å². The molecule has 1 aromatic heterocycles. The third kappa shape index (κ3) is 6.35. The fraction of sp³-hybridized carbons (Fsp3) is 0.667. The number of hydrogen-bond acceptors (Lipinski definition) is 7. The Kier molecular flexibility index (Phi) is 9.49. The molecule has 1 aromatic rings. The Hall–Kier alpha value is -2.42. The standard InChI is InChI=1S/C18H30N4O5/c1-5-8-9-19-14-16(27-11-10-26-4)21-13(12-20-14)15(23)22-18(6-2,7-3)17(24)25/h12H,5-11H2,1-4H3,(H,19,20)(H,22,23)(H,24,25). The number of carbonyl (C=O) groups excluding carboxylic acids is 1. The molecule has 1 heterocycles. The lowest BCUT2D eigenvalue weighted by molar-refractivity contribution is -0.144. The molecule has 0 aliphatic rings. The third-order valence-electron chi connectivity index (χ3n) is 4.29. The van der Waals surface area contributed by atoms with Crippen LogP contribution in [0.5, 0.6) is 5.88 Å². The second-order valence-corrected chi connectivity index (χ2v) is 6.08. The van der Waals surface area contributed by atoms with Crippen LogP contribution in [0.15, 0.2) is 6.20 Å². The van der Waals surface area contributed by atoms with E-state index in [4.69, 9.17) is 9.47 Å². The van der Waals surface area contributed by atoms with Crippen LogP contribution in [0.3, 0.4) is 0 Å². The number of nitrogens with zero attached hydrogens (tertiary/aromatic N) is 2. The van der Waals surface area contributed by atoms with Crippen LogP contribution < -0.4 is 15.4 Å². The number of unbranched alkanes of at least 4 members (excludes halogenated alkanes) is 1. The van der Waals surface area contributed by atoms with Crippen molar-refractivity contribution in [1.82, 2.24) is 15.3 Å². The maximum atomic E-state index is 12.6. The minimum Gasteiger partial charge on any atom is -0.480 e. The molecule has 0 aliphatic heterocycles. The van der Waals surface area contributed by atoms with Crippen molar-refractivity contribution in [3.8, 4) is 5.88 Å². The molecule has 3 N–H and O–H groups in total. The van der Waals surface area contributed by atoms with Crippen molar-refractivity contribution in [3.63, 3.8) is 0 Å². The number of carboxylic acids is 1. The lowest BCUT2D eigenvalue weighted by atomic mass is 9.93. The second-order valence-electron chi connectivity index (χ2n) is 6.08. The summed E-state index contributed by atoms with van der Waals surface area (Å²) in [6.07, 6.45) is 3.80. The van der Waals surface area contributed by atoms with Crippen LogP contribution in [0.25, 0.3) is 0 Å². The molecule has 0 aromatic carbocycles. The van der Waals surface area contributed by atoms with E-state index in [0.29, 0.717) is 19.0 Å². The van der Waals surface area contributed by atoms with Crippen molar-refractivity contribution in [3.05, 3.63) is 11.9 Å². The van der Waals surface area contributed by atoms with Gasteiger partial charge in [0.25, 0.3) is 11.8 Å². The summed E-state index contributed by atoms with van der Waals surface area (Å²) < 4.78 is 10.5. The highest BCUT2D eigenvalue weighted by atomic mass is 16.5. The predicted molar refractivity (Wildman–Crippen MR) is 101 cm³/mol. The van der Waals surface area contributed by atoms with Gasteiger partial charge in [0.05, 0.1) is 12.8 Å². The van der Waals surface area contributed by atoms with Crippen LogP contribution >= 0.6 is 0 Å². The first-order chi connectivity index (χ1) is 12.9. The molecule has 1 rings (SSSR count). The molecule has 0 bridgehead atoms. The highest BCUT2D eigenvalue weighted by molar-refractivity contribution is 5.96. The molecule has 9 heteroatoms. The number of aliphatic carboxylic acids is 1. The molecule has 0 fully saturated rings. The Labute approximate surface area is 159 Å². The Balaban J connectivity index is 3.03. The van der Waals surface area contributed by atoms with Crippen LogP contribution in [-0.4, -0.2) is 59.4 Å². The molecule has 1 amide bonds. The lowest BCUT2D eigenvalue weighted by Gasteiger charge is -2.27. The number of rotatable bonds is 13. The number of aromatic nitrogens is 2. The van der Waals surface area contributed by atoms with E-state index in [2.05, 4.69) is 27.5 Å². The largest absolute Gasteiger partial charge is 0.480 e. The van der Waals surface area contributed by atoms with Crippen molar-refractivity contribution < 1.29 is 24.2 Å². The van der Waals surface area contributed by atoms with E-state index in [-0.39, 0.29) is 31.0 Å². The molecule has 0 saturated heterocycles. The van der Waals surface area contributed by atoms with E-state index in [1.54, 1.807) is 21.0 Å². The highest BCUT2D eigenvalue weighted by Crippen LogP contribution is 2.21. The summed E-state index contributed by atoms with van der Waals surface area (Å²) in [5, 5.41) is 15.2. The average Bonchev–Trinajstić information content (AvgIpc) is 2.67. The monoisotopic (exact) mass is 382 g/mol.